The molecule has 1 N–H and O–H groups in total. The van der Waals surface area contributed by atoms with Crippen LogP contribution in [0.15, 0.2) is 20.0 Å². The average Bonchev–Trinajstić information content (AvgIpc) is 3.04. The molecule has 0 atom stereocenters. The van der Waals surface area contributed by atoms with Crippen molar-refractivity contribution in [1.82, 2.24) is 4.31 Å². The van der Waals surface area contributed by atoms with Crippen LogP contribution in [0.5, 0.6) is 0 Å². The van der Waals surface area contributed by atoms with Crippen molar-refractivity contribution in [2.75, 3.05) is 6.54 Å². The highest BCUT2D eigenvalue weighted by molar-refractivity contribution is 9.10. The molecular formula is C14H22BrNO4S. The molecule has 0 unspecified atom stereocenters. The Bertz CT molecular complexity index is 576. The van der Waals surface area contributed by atoms with Gasteiger partial charge in [0.25, 0.3) is 0 Å². The lowest BCUT2D eigenvalue weighted by atomic mass is 10.2. The average molecular weight is 380 g/mol. The van der Waals surface area contributed by atoms with Gasteiger partial charge in [-0.15, -0.1) is 0 Å². The van der Waals surface area contributed by atoms with Crippen molar-refractivity contribution >= 4 is 26.0 Å². The minimum atomic E-state index is -3.62. The van der Waals surface area contributed by atoms with Crippen LogP contribution in [0, 0.1) is 5.92 Å². The van der Waals surface area contributed by atoms with Crippen LogP contribution < -0.4 is 0 Å². The standard InChI is InChI=1S/C14H22BrNO4S/c1-10(2)8-16(11-5-3-4-6-11)21(18,19)13-7-12(9-17)20-14(13)15/h7,10-11,17H,3-6,8-9H2,1-2H3. The monoisotopic (exact) mass is 379 g/mol. The lowest BCUT2D eigenvalue weighted by Gasteiger charge is -2.29. The van der Waals surface area contributed by atoms with Gasteiger partial charge in [0.1, 0.15) is 17.3 Å². The first kappa shape index (κ1) is 17.0. The van der Waals surface area contributed by atoms with Gasteiger partial charge in [0, 0.05) is 18.7 Å². The van der Waals surface area contributed by atoms with Crippen molar-refractivity contribution < 1.29 is 17.9 Å². The molecule has 0 spiro atoms. The summed E-state index contributed by atoms with van der Waals surface area (Å²) < 4.78 is 32.9. The third-order valence-corrected chi connectivity index (χ3v) is 6.50. The Hall–Kier alpha value is -0.370. The summed E-state index contributed by atoms with van der Waals surface area (Å²) >= 11 is 3.15. The Morgan fingerprint density at radius 3 is 2.52 bits per heavy atom. The minimum absolute atomic E-state index is 0.0665. The maximum atomic E-state index is 13.0. The van der Waals surface area contributed by atoms with Crippen LogP contribution in [0.4, 0.5) is 0 Å². The van der Waals surface area contributed by atoms with Crippen LogP contribution in [0.1, 0.15) is 45.3 Å². The largest absolute Gasteiger partial charge is 0.450 e. The summed E-state index contributed by atoms with van der Waals surface area (Å²) in [6, 6.07) is 1.47. The van der Waals surface area contributed by atoms with Gasteiger partial charge < -0.3 is 9.52 Å². The van der Waals surface area contributed by atoms with Crippen LogP contribution in [-0.4, -0.2) is 30.4 Å². The van der Waals surface area contributed by atoms with Crippen molar-refractivity contribution in [2.45, 2.75) is 57.1 Å². The second-order valence-electron chi connectivity index (χ2n) is 5.92. The van der Waals surface area contributed by atoms with E-state index in [9.17, 15) is 8.42 Å². The zero-order valence-corrected chi connectivity index (χ0v) is 14.8. The number of aliphatic hydroxyl groups is 1. The molecule has 0 aliphatic heterocycles. The highest BCUT2D eigenvalue weighted by Gasteiger charge is 2.36. The molecule has 5 nitrogen and oxygen atoms in total. The maximum absolute atomic E-state index is 13.0. The smallest absolute Gasteiger partial charge is 0.247 e. The molecule has 1 aliphatic rings. The quantitative estimate of drug-likeness (QED) is 0.823. The summed E-state index contributed by atoms with van der Waals surface area (Å²) in [6.45, 7) is 4.21. The first-order valence-corrected chi connectivity index (χ1v) is 9.50. The van der Waals surface area contributed by atoms with E-state index in [4.69, 9.17) is 9.52 Å². The van der Waals surface area contributed by atoms with E-state index in [-0.39, 0.29) is 33.9 Å². The SMILES string of the molecule is CC(C)CN(C1CCCC1)S(=O)(=O)c1cc(CO)oc1Br. The van der Waals surface area contributed by atoms with Gasteiger partial charge >= 0.3 is 0 Å². The molecule has 0 bridgehead atoms. The second-order valence-corrected chi connectivity index (χ2v) is 8.49. The maximum Gasteiger partial charge on any atom is 0.247 e. The van der Waals surface area contributed by atoms with Crippen molar-refractivity contribution in [3.05, 3.63) is 16.5 Å². The van der Waals surface area contributed by atoms with Crippen molar-refractivity contribution in [3.63, 3.8) is 0 Å². The molecule has 0 radical (unpaired) electrons. The van der Waals surface area contributed by atoms with Crippen molar-refractivity contribution in [3.8, 4) is 0 Å². The Kier molecular flexibility index (Phi) is 5.51. The van der Waals surface area contributed by atoms with Crippen LogP contribution in [0.3, 0.4) is 0 Å². The van der Waals surface area contributed by atoms with E-state index < -0.39 is 10.0 Å². The molecule has 0 saturated heterocycles. The first-order valence-electron chi connectivity index (χ1n) is 7.27. The molecule has 1 aromatic heterocycles. The van der Waals surface area contributed by atoms with Crippen molar-refractivity contribution in [1.29, 1.82) is 0 Å². The highest BCUT2D eigenvalue weighted by atomic mass is 79.9. The van der Waals surface area contributed by atoms with Crippen LogP contribution in [-0.2, 0) is 16.6 Å². The molecule has 120 valence electrons. The fourth-order valence-corrected chi connectivity index (χ4v) is 5.58. The third kappa shape index (κ3) is 3.70. The van der Waals surface area contributed by atoms with Gasteiger partial charge in [-0.1, -0.05) is 26.7 Å². The minimum Gasteiger partial charge on any atom is -0.450 e. The normalized spacial score (nSPS) is 17.2. The predicted molar refractivity (Wildman–Crippen MR) is 83.3 cm³/mol. The number of sulfonamides is 1. The molecule has 0 aromatic carbocycles. The number of hydrogen-bond acceptors (Lipinski definition) is 4. The van der Waals surface area contributed by atoms with E-state index in [2.05, 4.69) is 15.9 Å². The van der Waals surface area contributed by atoms with E-state index in [1.165, 1.54) is 6.07 Å². The Morgan fingerprint density at radius 2 is 2.05 bits per heavy atom. The van der Waals surface area contributed by atoms with Crippen LogP contribution >= 0.6 is 15.9 Å². The molecule has 2 rings (SSSR count). The number of nitrogens with zero attached hydrogens (tertiary/aromatic N) is 1. The zero-order chi connectivity index (χ0) is 15.6. The summed E-state index contributed by atoms with van der Waals surface area (Å²) in [7, 11) is -3.62. The fraction of sp³-hybridized carbons (Fsp3) is 0.714. The Morgan fingerprint density at radius 1 is 1.43 bits per heavy atom. The molecule has 21 heavy (non-hydrogen) atoms. The topological polar surface area (TPSA) is 70.8 Å². The Balaban J connectivity index is 2.38. The highest BCUT2D eigenvalue weighted by Crippen LogP contribution is 2.34. The van der Waals surface area contributed by atoms with Gasteiger partial charge in [-0.25, -0.2) is 8.42 Å². The van der Waals surface area contributed by atoms with E-state index in [0.29, 0.717) is 6.54 Å². The summed E-state index contributed by atoms with van der Waals surface area (Å²) in [6.07, 6.45) is 3.97. The van der Waals surface area contributed by atoms with Crippen molar-refractivity contribution in [2.24, 2.45) is 5.92 Å². The first-order chi connectivity index (χ1) is 9.86. The Labute approximate surface area is 134 Å². The van der Waals surface area contributed by atoms with E-state index >= 15 is 0 Å². The lowest BCUT2D eigenvalue weighted by Crippen LogP contribution is -2.41. The molecule has 1 saturated carbocycles. The molecule has 1 aliphatic carbocycles. The fourth-order valence-electron chi connectivity index (χ4n) is 2.77. The number of furan rings is 1. The molecular weight excluding hydrogens is 358 g/mol. The van der Waals surface area contributed by atoms with E-state index in [1.54, 1.807) is 4.31 Å². The molecule has 1 fully saturated rings. The molecule has 7 heteroatoms. The number of halogens is 1. The van der Waals surface area contributed by atoms with Gasteiger partial charge in [0.15, 0.2) is 4.67 Å². The van der Waals surface area contributed by atoms with Gasteiger partial charge in [-0.2, -0.15) is 4.31 Å². The summed E-state index contributed by atoms with van der Waals surface area (Å²) in [4.78, 5) is 0.110. The number of aliphatic hydroxyl groups excluding tert-OH is 1. The summed E-state index contributed by atoms with van der Waals surface area (Å²) in [5.41, 5.74) is 0. The summed E-state index contributed by atoms with van der Waals surface area (Å²) in [5.74, 6) is 0.500. The molecule has 1 aromatic rings. The third-order valence-electron chi connectivity index (χ3n) is 3.73. The van der Waals surface area contributed by atoms with Gasteiger partial charge in [0.05, 0.1) is 0 Å². The predicted octanol–water partition coefficient (Wildman–Crippen LogP) is 3.12. The van der Waals surface area contributed by atoms with E-state index in [1.807, 2.05) is 13.8 Å². The zero-order valence-electron chi connectivity index (χ0n) is 12.4. The molecule has 1 heterocycles. The second kappa shape index (κ2) is 6.81. The van der Waals surface area contributed by atoms with Gasteiger partial charge in [-0.3, -0.25) is 0 Å². The van der Waals surface area contributed by atoms with Crippen LogP contribution in [0.25, 0.3) is 0 Å². The van der Waals surface area contributed by atoms with Gasteiger partial charge in [-0.05, 0) is 34.7 Å². The number of rotatable bonds is 6. The lowest BCUT2D eigenvalue weighted by molar-refractivity contribution is 0.245. The molecule has 0 amide bonds. The number of hydrogen-bond donors (Lipinski definition) is 1. The van der Waals surface area contributed by atoms with E-state index in [0.717, 1.165) is 25.7 Å². The summed E-state index contributed by atoms with van der Waals surface area (Å²) in [5, 5.41) is 9.11. The van der Waals surface area contributed by atoms with Crippen LogP contribution in [0.2, 0.25) is 0 Å². The van der Waals surface area contributed by atoms with Gasteiger partial charge in [0.2, 0.25) is 10.0 Å².